The van der Waals surface area contributed by atoms with Crippen LogP contribution in [0.15, 0.2) is 12.1 Å². The number of nitrogens with zero attached hydrogens (tertiary/aromatic N) is 1. The van der Waals surface area contributed by atoms with Gasteiger partial charge in [-0.1, -0.05) is 20.8 Å². The van der Waals surface area contributed by atoms with Gasteiger partial charge in [0.05, 0.1) is 19.8 Å². The van der Waals surface area contributed by atoms with Crippen LogP contribution in [-0.2, 0) is 0 Å². The number of hydrogen-bond donors (Lipinski definition) is 2. The molecule has 0 amide bonds. The van der Waals surface area contributed by atoms with E-state index in [4.69, 9.17) is 9.47 Å². The van der Waals surface area contributed by atoms with E-state index in [0.717, 1.165) is 31.7 Å². The van der Waals surface area contributed by atoms with Crippen LogP contribution in [0.2, 0.25) is 0 Å². The number of phenols is 1. The maximum absolute atomic E-state index is 9.89. The fraction of sp³-hybridized carbons (Fsp3) is 0.647. The minimum Gasteiger partial charge on any atom is -0.508 e. The smallest absolute Gasteiger partial charge is 0.131 e. The molecule has 1 atom stereocenters. The van der Waals surface area contributed by atoms with Gasteiger partial charge in [-0.15, -0.1) is 0 Å². The van der Waals surface area contributed by atoms with Gasteiger partial charge >= 0.3 is 0 Å². The van der Waals surface area contributed by atoms with E-state index in [2.05, 4.69) is 31.0 Å². The van der Waals surface area contributed by atoms with E-state index in [0.29, 0.717) is 11.5 Å². The number of hydrogen-bond acceptors (Lipinski definition) is 5. The molecule has 22 heavy (non-hydrogen) atoms. The Morgan fingerprint density at radius 1 is 1.09 bits per heavy atom. The molecule has 2 rings (SSSR count). The molecule has 0 radical (unpaired) electrons. The predicted octanol–water partition coefficient (Wildman–Crippen LogP) is 2.40. The molecule has 1 aliphatic rings. The third-order valence-corrected chi connectivity index (χ3v) is 4.14. The Hall–Kier alpha value is -1.46. The van der Waals surface area contributed by atoms with Crippen molar-refractivity contribution in [2.24, 2.45) is 5.41 Å². The van der Waals surface area contributed by atoms with Crippen molar-refractivity contribution in [3.05, 3.63) is 17.7 Å². The van der Waals surface area contributed by atoms with Crippen molar-refractivity contribution in [3.8, 4) is 17.2 Å². The van der Waals surface area contributed by atoms with Crippen LogP contribution in [-0.4, -0.2) is 50.4 Å². The van der Waals surface area contributed by atoms with Gasteiger partial charge in [0.15, 0.2) is 0 Å². The van der Waals surface area contributed by atoms with E-state index in [9.17, 15) is 5.11 Å². The Morgan fingerprint density at radius 2 is 1.59 bits per heavy atom. The first-order valence-corrected chi connectivity index (χ1v) is 7.78. The third-order valence-electron chi connectivity index (χ3n) is 4.14. The number of piperazine rings is 1. The number of benzene rings is 1. The largest absolute Gasteiger partial charge is 0.508 e. The second-order valence-electron chi connectivity index (χ2n) is 6.82. The molecular formula is C17H28N2O3. The first-order chi connectivity index (χ1) is 10.4. The first kappa shape index (κ1) is 16.9. The molecule has 1 saturated heterocycles. The zero-order chi connectivity index (χ0) is 16.3. The van der Waals surface area contributed by atoms with E-state index in [1.54, 1.807) is 26.4 Å². The Balaban J connectivity index is 2.55. The van der Waals surface area contributed by atoms with Gasteiger partial charge in [0, 0.05) is 44.4 Å². The summed E-state index contributed by atoms with van der Waals surface area (Å²) in [5, 5.41) is 13.3. The highest BCUT2D eigenvalue weighted by Crippen LogP contribution is 2.47. The van der Waals surface area contributed by atoms with Crippen molar-refractivity contribution in [3.63, 3.8) is 0 Å². The molecule has 0 saturated carbocycles. The maximum Gasteiger partial charge on any atom is 0.131 e. The number of rotatable bonds is 4. The standard InChI is InChI=1S/C17H28N2O3/c1-17(2,3)16(19-8-6-18-7-9-19)15-13(21-4)10-12(20)11-14(15)22-5/h10-11,16,18,20H,6-9H2,1-5H3/t16-/m0/s1. The summed E-state index contributed by atoms with van der Waals surface area (Å²) in [7, 11) is 3.27. The second kappa shape index (κ2) is 6.75. The topological polar surface area (TPSA) is 54.0 Å². The number of nitrogens with one attached hydrogen (secondary N) is 1. The number of phenolic OH excluding ortho intramolecular Hbond substituents is 1. The molecule has 1 fully saturated rings. The zero-order valence-electron chi connectivity index (χ0n) is 14.3. The van der Waals surface area contributed by atoms with E-state index in [1.165, 1.54) is 0 Å². The molecule has 0 aromatic heterocycles. The summed E-state index contributed by atoms with van der Waals surface area (Å²) in [4.78, 5) is 2.47. The summed E-state index contributed by atoms with van der Waals surface area (Å²) in [6.07, 6.45) is 0. The molecule has 5 heteroatoms. The molecule has 1 aliphatic heterocycles. The highest BCUT2D eigenvalue weighted by molar-refractivity contribution is 5.52. The molecule has 0 spiro atoms. The Labute approximate surface area is 133 Å². The lowest BCUT2D eigenvalue weighted by Gasteiger charge is -2.43. The average Bonchev–Trinajstić information content (AvgIpc) is 2.48. The number of methoxy groups -OCH3 is 2. The summed E-state index contributed by atoms with van der Waals surface area (Å²) < 4.78 is 11.1. The van der Waals surface area contributed by atoms with E-state index in [1.807, 2.05) is 0 Å². The van der Waals surface area contributed by atoms with Crippen molar-refractivity contribution in [2.45, 2.75) is 26.8 Å². The Kier molecular flexibility index (Phi) is 5.19. The summed E-state index contributed by atoms with van der Waals surface area (Å²) >= 11 is 0. The summed E-state index contributed by atoms with van der Waals surface area (Å²) in [6, 6.07) is 3.48. The molecule has 124 valence electrons. The quantitative estimate of drug-likeness (QED) is 0.894. The van der Waals surface area contributed by atoms with Gasteiger partial charge in [0.1, 0.15) is 17.2 Å². The first-order valence-electron chi connectivity index (χ1n) is 7.78. The fourth-order valence-corrected chi connectivity index (χ4v) is 3.30. The van der Waals surface area contributed by atoms with Crippen molar-refractivity contribution < 1.29 is 14.6 Å². The monoisotopic (exact) mass is 308 g/mol. The van der Waals surface area contributed by atoms with Crippen molar-refractivity contribution >= 4 is 0 Å². The van der Waals surface area contributed by atoms with Gasteiger partial charge in [-0.05, 0) is 5.41 Å². The van der Waals surface area contributed by atoms with Gasteiger partial charge in [-0.25, -0.2) is 0 Å². The van der Waals surface area contributed by atoms with Crippen molar-refractivity contribution in [2.75, 3.05) is 40.4 Å². The van der Waals surface area contributed by atoms with Crippen LogP contribution in [0, 0.1) is 5.41 Å². The molecule has 0 aliphatic carbocycles. The van der Waals surface area contributed by atoms with Gasteiger partial charge < -0.3 is 19.9 Å². The molecule has 1 heterocycles. The molecule has 1 aromatic carbocycles. The van der Waals surface area contributed by atoms with Gasteiger partial charge in [0.25, 0.3) is 0 Å². The summed E-state index contributed by atoms with van der Waals surface area (Å²) in [5.41, 5.74) is 1.02. The van der Waals surface area contributed by atoms with E-state index in [-0.39, 0.29) is 17.2 Å². The molecule has 0 unspecified atom stereocenters. The van der Waals surface area contributed by atoms with Crippen LogP contribution in [0.1, 0.15) is 32.4 Å². The van der Waals surface area contributed by atoms with Crippen LogP contribution in [0.25, 0.3) is 0 Å². The SMILES string of the molecule is COc1cc(O)cc(OC)c1[C@H](N1CCNCC1)C(C)(C)C. The zero-order valence-corrected chi connectivity index (χ0v) is 14.3. The molecule has 0 bridgehead atoms. The number of ether oxygens (including phenoxy) is 2. The van der Waals surface area contributed by atoms with Gasteiger partial charge in [0.2, 0.25) is 0 Å². The molecule has 2 N–H and O–H groups in total. The van der Waals surface area contributed by atoms with Gasteiger partial charge in [-0.3, -0.25) is 4.90 Å². The maximum atomic E-state index is 9.89. The van der Waals surface area contributed by atoms with E-state index >= 15 is 0 Å². The lowest BCUT2D eigenvalue weighted by Crippen LogP contribution is -2.48. The summed E-state index contributed by atoms with van der Waals surface area (Å²) in [6.45, 7) is 10.6. The molecule has 5 nitrogen and oxygen atoms in total. The second-order valence-corrected chi connectivity index (χ2v) is 6.82. The highest BCUT2D eigenvalue weighted by Gasteiger charge is 2.36. The Morgan fingerprint density at radius 3 is 2.00 bits per heavy atom. The van der Waals surface area contributed by atoms with E-state index < -0.39 is 0 Å². The van der Waals surface area contributed by atoms with Crippen molar-refractivity contribution in [1.29, 1.82) is 0 Å². The lowest BCUT2D eigenvalue weighted by molar-refractivity contribution is 0.0819. The van der Waals surface area contributed by atoms with Gasteiger partial charge in [-0.2, -0.15) is 0 Å². The third kappa shape index (κ3) is 3.47. The molecular weight excluding hydrogens is 280 g/mol. The van der Waals surface area contributed by atoms with Crippen LogP contribution in [0.4, 0.5) is 0 Å². The highest BCUT2D eigenvalue weighted by atomic mass is 16.5. The van der Waals surface area contributed by atoms with Crippen LogP contribution < -0.4 is 14.8 Å². The lowest BCUT2D eigenvalue weighted by atomic mass is 9.80. The minimum absolute atomic E-state index is 0.00880. The van der Waals surface area contributed by atoms with Crippen molar-refractivity contribution in [1.82, 2.24) is 10.2 Å². The predicted molar refractivity (Wildman–Crippen MR) is 87.8 cm³/mol. The molecule has 1 aromatic rings. The number of aromatic hydroxyl groups is 1. The van der Waals surface area contributed by atoms with Crippen LogP contribution >= 0.6 is 0 Å². The van der Waals surface area contributed by atoms with Crippen LogP contribution in [0.3, 0.4) is 0 Å². The van der Waals surface area contributed by atoms with Crippen LogP contribution in [0.5, 0.6) is 17.2 Å². The fourth-order valence-electron chi connectivity index (χ4n) is 3.30. The average molecular weight is 308 g/mol. The normalized spacial score (nSPS) is 18.0. The Bertz CT molecular complexity index is 480. The summed E-state index contributed by atoms with van der Waals surface area (Å²) in [5.74, 6) is 1.51. The minimum atomic E-state index is 0.00880.